The summed E-state index contributed by atoms with van der Waals surface area (Å²) in [5.41, 5.74) is 0.853. The Bertz CT molecular complexity index is 1180. The molecule has 2 aromatic heterocycles. The minimum Gasteiger partial charge on any atom is -0.486 e. The number of carbonyl (C=O) groups is 1. The van der Waals surface area contributed by atoms with E-state index in [1.54, 1.807) is 6.07 Å². The third-order valence-corrected chi connectivity index (χ3v) is 6.92. The molecular formula is C21H23N3O7S2. The van der Waals surface area contributed by atoms with Crippen molar-refractivity contribution in [2.45, 2.75) is 37.2 Å². The Morgan fingerprint density at radius 3 is 2.79 bits per heavy atom. The molecule has 10 nitrogen and oxygen atoms in total. The number of rotatable bonds is 11. The van der Waals surface area contributed by atoms with Crippen LogP contribution in [-0.2, 0) is 26.2 Å². The summed E-state index contributed by atoms with van der Waals surface area (Å²) < 4.78 is 48.5. The molecule has 176 valence electrons. The van der Waals surface area contributed by atoms with Gasteiger partial charge in [0.15, 0.2) is 18.1 Å². The van der Waals surface area contributed by atoms with Crippen molar-refractivity contribution >= 4 is 27.3 Å². The van der Waals surface area contributed by atoms with E-state index in [9.17, 15) is 13.2 Å². The Morgan fingerprint density at radius 2 is 1.97 bits per heavy atom. The van der Waals surface area contributed by atoms with Crippen molar-refractivity contribution < 1.29 is 31.9 Å². The molecule has 0 bridgehead atoms. The zero-order valence-electron chi connectivity index (χ0n) is 17.7. The van der Waals surface area contributed by atoms with Crippen LogP contribution in [-0.4, -0.2) is 44.3 Å². The normalized spacial score (nSPS) is 13.1. The van der Waals surface area contributed by atoms with Crippen molar-refractivity contribution in [3.05, 3.63) is 40.9 Å². The van der Waals surface area contributed by atoms with Gasteiger partial charge in [-0.1, -0.05) is 11.6 Å². The average Bonchev–Trinajstić information content (AvgIpc) is 3.51. The minimum atomic E-state index is -3.65. The van der Waals surface area contributed by atoms with Gasteiger partial charge in [0.2, 0.25) is 15.8 Å². The number of nitrogens with zero attached hydrogens (tertiary/aromatic N) is 2. The second kappa shape index (κ2) is 10.8. The Balaban J connectivity index is 1.12. The predicted molar refractivity (Wildman–Crippen MR) is 118 cm³/mol. The molecule has 0 radical (unpaired) electrons. The monoisotopic (exact) mass is 493 g/mol. The Kier molecular flexibility index (Phi) is 7.57. The molecule has 1 aliphatic heterocycles. The topological polar surface area (TPSA) is 130 Å². The molecule has 0 amide bonds. The number of benzene rings is 1. The third kappa shape index (κ3) is 6.30. The maximum atomic E-state index is 12.5. The number of thiophene rings is 1. The summed E-state index contributed by atoms with van der Waals surface area (Å²) in [6.45, 7) is 1.01. The van der Waals surface area contributed by atoms with Crippen LogP contribution in [0.4, 0.5) is 0 Å². The highest BCUT2D eigenvalue weighted by Gasteiger charge is 2.19. The summed E-state index contributed by atoms with van der Waals surface area (Å²) in [6.07, 6.45) is 2.06. The molecule has 0 saturated heterocycles. The van der Waals surface area contributed by atoms with Gasteiger partial charge in [0.25, 0.3) is 5.89 Å². The Morgan fingerprint density at radius 1 is 1.12 bits per heavy atom. The lowest BCUT2D eigenvalue weighted by molar-refractivity contribution is -0.145. The van der Waals surface area contributed by atoms with Gasteiger partial charge in [-0.2, -0.15) is 16.3 Å². The summed E-state index contributed by atoms with van der Waals surface area (Å²) in [5, 5.41) is 7.67. The number of unbranched alkanes of at least 4 members (excludes halogenated alkanes) is 2. The fourth-order valence-corrected chi connectivity index (χ4v) is 4.81. The van der Waals surface area contributed by atoms with Crippen molar-refractivity contribution in [3.63, 3.8) is 0 Å². The molecule has 3 aromatic rings. The summed E-state index contributed by atoms with van der Waals surface area (Å²) in [7, 11) is -3.65. The molecule has 0 saturated carbocycles. The van der Waals surface area contributed by atoms with Crippen molar-refractivity contribution in [1.29, 1.82) is 0 Å². The molecule has 33 heavy (non-hydrogen) atoms. The number of sulfonamides is 1. The first kappa shape index (κ1) is 23.2. The summed E-state index contributed by atoms with van der Waals surface area (Å²) >= 11 is 1.53. The van der Waals surface area contributed by atoms with E-state index in [2.05, 4.69) is 14.9 Å². The van der Waals surface area contributed by atoms with Crippen LogP contribution in [0.2, 0.25) is 0 Å². The van der Waals surface area contributed by atoms with Crippen LogP contribution in [0.3, 0.4) is 0 Å². The van der Waals surface area contributed by atoms with Gasteiger partial charge in [0.1, 0.15) is 13.2 Å². The third-order valence-electron chi connectivity index (χ3n) is 4.78. The number of carbonyl (C=O) groups excluding carboxylic acids is 1. The number of esters is 1. The highest BCUT2D eigenvalue weighted by Crippen LogP contribution is 2.32. The van der Waals surface area contributed by atoms with E-state index in [1.807, 2.05) is 16.8 Å². The maximum absolute atomic E-state index is 12.5. The smallest absolute Gasteiger partial charge is 0.306 e. The standard InChI is InChI=1S/C21H23N3O7S2/c25-20(30-13-19-23-21(24-31-19)15-7-11-32-14-15)4-2-1-3-8-22-33(26,27)16-5-6-17-18(12-16)29-10-9-28-17/h5-7,11-12,14,22H,1-4,8-10,13H2. The van der Waals surface area contributed by atoms with Crippen LogP contribution < -0.4 is 14.2 Å². The summed E-state index contributed by atoms with van der Waals surface area (Å²) in [6, 6.07) is 6.41. The molecule has 3 heterocycles. The number of nitrogens with one attached hydrogen (secondary N) is 1. The minimum absolute atomic E-state index is 0.0781. The van der Waals surface area contributed by atoms with E-state index in [0.717, 1.165) is 5.56 Å². The molecule has 0 spiro atoms. The zero-order valence-corrected chi connectivity index (χ0v) is 19.3. The molecule has 0 fully saturated rings. The van der Waals surface area contributed by atoms with Crippen LogP contribution in [0, 0.1) is 0 Å². The van der Waals surface area contributed by atoms with Crippen molar-refractivity contribution in [1.82, 2.24) is 14.9 Å². The van der Waals surface area contributed by atoms with E-state index in [4.69, 9.17) is 18.7 Å². The number of hydrogen-bond donors (Lipinski definition) is 1. The molecule has 0 aliphatic carbocycles. The molecule has 4 rings (SSSR count). The fraction of sp³-hybridized carbons (Fsp3) is 0.381. The largest absolute Gasteiger partial charge is 0.486 e. The highest BCUT2D eigenvalue weighted by atomic mass is 32.2. The first-order chi connectivity index (χ1) is 16.0. The van der Waals surface area contributed by atoms with Crippen LogP contribution in [0.1, 0.15) is 31.6 Å². The van der Waals surface area contributed by atoms with Crippen molar-refractivity contribution in [2.24, 2.45) is 0 Å². The van der Waals surface area contributed by atoms with E-state index >= 15 is 0 Å². The van der Waals surface area contributed by atoms with Gasteiger partial charge in [0.05, 0.1) is 4.90 Å². The van der Waals surface area contributed by atoms with Gasteiger partial charge in [-0.15, -0.1) is 0 Å². The van der Waals surface area contributed by atoms with E-state index < -0.39 is 10.0 Å². The van der Waals surface area contributed by atoms with Crippen LogP contribution in [0.5, 0.6) is 11.5 Å². The van der Waals surface area contributed by atoms with Gasteiger partial charge < -0.3 is 18.7 Å². The van der Waals surface area contributed by atoms with Gasteiger partial charge in [-0.3, -0.25) is 4.79 Å². The van der Waals surface area contributed by atoms with E-state index in [0.29, 0.717) is 49.8 Å². The van der Waals surface area contributed by atoms with Crippen molar-refractivity contribution in [3.8, 4) is 22.9 Å². The molecule has 12 heteroatoms. The number of fused-ring (bicyclic) bond motifs is 1. The van der Waals surface area contributed by atoms with E-state index in [1.165, 1.54) is 23.5 Å². The number of aromatic nitrogens is 2. The predicted octanol–water partition coefficient (Wildman–Crippen LogP) is 3.15. The maximum Gasteiger partial charge on any atom is 0.306 e. The van der Waals surface area contributed by atoms with E-state index in [-0.39, 0.29) is 36.3 Å². The van der Waals surface area contributed by atoms with Gasteiger partial charge in [0, 0.05) is 30.0 Å². The Hall–Kier alpha value is -2.96. The first-order valence-corrected chi connectivity index (χ1v) is 12.8. The van der Waals surface area contributed by atoms with Crippen molar-refractivity contribution in [2.75, 3.05) is 19.8 Å². The SMILES string of the molecule is O=C(CCCCCNS(=O)(=O)c1ccc2c(c1)OCCO2)OCc1nc(-c2ccsc2)no1. The second-order valence-electron chi connectivity index (χ2n) is 7.20. The molecule has 1 aliphatic rings. The lowest BCUT2D eigenvalue weighted by Crippen LogP contribution is -2.25. The summed E-state index contributed by atoms with van der Waals surface area (Å²) in [4.78, 5) is 16.2. The van der Waals surface area contributed by atoms with Crippen LogP contribution in [0.15, 0.2) is 44.4 Å². The molecular weight excluding hydrogens is 470 g/mol. The average molecular weight is 494 g/mol. The molecule has 0 atom stereocenters. The lowest BCUT2D eigenvalue weighted by atomic mass is 10.2. The summed E-state index contributed by atoms with van der Waals surface area (Å²) in [5.74, 6) is 1.28. The lowest BCUT2D eigenvalue weighted by Gasteiger charge is -2.18. The second-order valence-corrected chi connectivity index (χ2v) is 9.75. The number of hydrogen-bond acceptors (Lipinski definition) is 10. The number of ether oxygens (including phenoxy) is 3. The fourth-order valence-electron chi connectivity index (χ4n) is 3.09. The molecule has 1 N–H and O–H groups in total. The van der Waals surface area contributed by atoms with Gasteiger partial charge in [-0.25, -0.2) is 13.1 Å². The quantitative estimate of drug-likeness (QED) is 0.316. The van der Waals surface area contributed by atoms with Gasteiger partial charge >= 0.3 is 5.97 Å². The highest BCUT2D eigenvalue weighted by molar-refractivity contribution is 7.89. The Labute approximate surface area is 194 Å². The molecule has 1 aromatic carbocycles. The molecule has 0 unspecified atom stereocenters. The zero-order chi connectivity index (χ0) is 23.1. The van der Waals surface area contributed by atoms with Crippen LogP contribution >= 0.6 is 11.3 Å². The first-order valence-electron chi connectivity index (χ1n) is 10.4. The van der Waals surface area contributed by atoms with Crippen LogP contribution in [0.25, 0.3) is 11.4 Å². The van der Waals surface area contributed by atoms with Gasteiger partial charge in [-0.05, 0) is 36.4 Å².